The number of hydrogen-bond donors (Lipinski definition) is 2. The van der Waals surface area contributed by atoms with Gasteiger partial charge in [-0.2, -0.15) is 0 Å². The lowest BCUT2D eigenvalue weighted by Gasteiger charge is -2.22. The van der Waals surface area contributed by atoms with E-state index in [0.717, 1.165) is 37.1 Å². The SMILES string of the molecule is CCc1cnc(CNC(=O)CC2(N)CCCC2)s1. The Bertz CT molecular complexity index is 410. The molecule has 100 valence electrons. The Morgan fingerprint density at radius 1 is 1.56 bits per heavy atom. The summed E-state index contributed by atoms with van der Waals surface area (Å²) in [6, 6.07) is 0. The molecule has 0 aromatic carbocycles. The number of nitrogens with one attached hydrogen (secondary N) is 1. The first-order chi connectivity index (χ1) is 8.61. The van der Waals surface area contributed by atoms with E-state index >= 15 is 0 Å². The molecule has 1 saturated carbocycles. The monoisotopic (exact) mass is 267 g/mol. The molecule has 0 unspecified atom stereocenters. The Morgan fingerprint density at radius 2 is 2.28 bits per heavy atom. The molecule has 5 heteroatoms. The molecule has 1 heterocycles. The third kappa shape index (κ3) is 3.53. The second kappa shape index (κ2) is 5.80. The van der Waals surface area contributed by atoms with Gasteiger partial charge in [0.2, 0.25) is 5.91 Å². The Kier molecular flexibility index (Phi) is 4.35. The average molecular weight is 267 g/mol. The maximum atomic E-state index is 11.8. The van der Waals surface area contributed by atoms with E-state index in [4.69, 9.17) is 5.73 Å². The van der Waals surface area contributed by atoms with Gasteiger partial charge < -0.3 is 11.1 Å². The highest BCUT2D eigenvalue weighted by molar-refractivity contribution is 7.11. The van der Waals surface area contributed by atoms with Gasteiger partial charge in [-0.25, -0.2) is 4.98 Å². The standard InChI is InChI=1S/C13H21N3OS/c1-2-10-8-16-12(18-10)9-15-11(17)7-13(14)5-3-4-6-13/h8H,2-7,9,14H2,1H3,(H,15,17). The lowest BCUT2D eigenvalue weighted by molar-refractivity contribution is -0.122. The van der Waals surface area contributed by atoms with Crippen LogP contribution in [-0.4, -0.2) is 16.4 Å². The quantitative estimate of drug-likeness (QED) is 0.857. The molecule has 0 radical (unpaired) electrons. The molecular weight excluding hydrogens is 246 g/mol. The highest BCUT2D eigenvalue weighted by atomic mass is 32.1. The summed E-state index contributed by atoms with van der Waals surface area (Å²) in [7, 11) is 0. The molecule has 1 fully saturated rings. The smallest absolute Gasteiger partial charge is 0.222 e. The minimum absolute atomic E-state index is 0.0487. The fraction of sp³-hybridized carbons (Fsp3) is 0.692. The van der Waals surface area contributed by atoms with Crippen molar-refractivity contribution in [3.63, 3.8) is 0 Å². The van der Waals surface area contributed by atoms with Crippen LogP contribution in [0.3, 0.4) is 0 Å². The maximum absolute atomic E-state index is 11.8. The molecule has 18 heavy (non-hydrogen) atoms. The summed E-state index contributed by atoms with van der Waals surface area (Å²) in [5, 5.41) is 3.89. The van der Waals surface area contributed by atoms with Crippen molar-refractivity contribution in [2.45, 2.75) is 57.5 Å². The summed E-state index contributed by atoms with van der Waals surface area (Å²) < 4.78 is 0. The van der Waals surface area contributed by atoms with Crippen LogP contribution in [0.15, 0.2) is 6.20 Å². The predicted octanol–water partition coefficient (Wildman–Crippen LogP) is 1.98. The molecule has 0 aliphatic heterocycles. The molecule has 1 aromatic rings. The van der Waals surface area contributed by atoms with Gasteiger partial charge in [-0.3, -0.25) is 4.79 Å². The van der Waals surface area contributed by atoms with E-state index in [0.29, 0.717) is 13.0 Å². The zero-order chi connectivity index (χ0) is 13.0. The number of aromatic nitrogens is 1. The molecule has 2 rings (SSSR count). The normalized spacial score (nSPS) is 17.9. The summed E-state index contributed by atoms with van der Waals surface area (Å²) in [5.74, 6) is 0.0487. The van der Waals surface area contributed by atoms with Crippen molar-refractivity contribution in [1.29, 1.82) is 0 Å². The molecule has 1 aliphatic carbocycles. The van der Waals surface area contributed by atoms with E-state index in [-0.39, 0.29) is 11.4 Å². The van der Waals surface area contributed by atoms with Crippen molar-refractivity contribution in [3.8, 4) is 0 Å². The summed E-state index contributed by atoms with van der Waals surface area (Å²) in [5.41, 5.74) is 5.92. The van der Waals surface area contributed by atoms with Crippen LogP contribution in [0.4, 0.5) is 0 Å². The van der Waals surface area contributed by atoms with E-state index in [1.807, 2.05) is 6.20 Å². The van der Waals surface area contributed by atoms with Crippen LogP contribution in [0, 0.1) is 0 Å². The van der Waals surface area contributed by atoms with E-state index in [1.165, 1.54) is 4.88 Å². The summed E-state index contributed by atoms with van der Waals surface area (Å²) in [6.45, 7) is 2.63. The summed E-state index contributed by atoms with van der Waals surface area (Å²) in [4.78, 5) is 17.4. The minimum atomic E-state index is -0.262. The summed E-state index contributed by atoms with van der Waals surface area (Å²) >= 11 is 1.66. The summed E-state index contributed by atoms with van der Waals surface area (Å²) in [6.07, 6.45) is 7.56. The van der Waals surface area contributed by atoms with Crippen LogP contribution in [0.25, 0.3) is 0 Å². The van der Waals surface area contributed by atoms with Crippen LogP contribution in [-0.2, 0) is 17.8 Å². The molecule has 0 saturated heterocycles. The third-order valence-corrected chi connectivity index (χ3v) is 4.64. The van der Waals surface area contributed by atoms with Crippen molar-refractivity contribution in [1.82, 2.24) is 10.3 Å². The highest BCUT2D eigenvalue weighted by Gasteiger charge is 2.31. The van der Waals surface area contributed by atoms with E-state index in [2.05, 4.69) is 17.2 Å². The number of thiazole rings is 1. The number of amides is 1. The van der Waals surface area contributed by atoms with Gasteiger partial charge in [-0.1, -0.05) is 19.8 Å². The molecule has 1 aromatic heterocycles. The first kappa shape index (κ1) is 13.5. The number of aryl methyl sites for hydroxylation is 1. The number of carbonyl (C=O) groups is 1. The molecule has 3 N–H and O–H groups in total. The first-order valence-electron chi connectivity index (χ1n) is 6.60. The van der Waals surface area contributed by atoms with Gasteiger partial charge in [0.05, 0.1) is 6.54 Å². The average Bonchev–Trinajstić information content (AvgIpc) is 2.95. The van der Waals surface area contributed by atoms with Crippen molar-refractivity contribution in [2.24, 2.45) is 5.73 Å². The van der Waals surface area contributed by atoms with Crippen LogP contribution in [0.5, 0.6) is 0 Å². The Morgan fingerprint density at radius 3 is 2.89 bits per heavy atom. The van der Waals surface area contributed by atoms with Gasteiger partial charge in [0.25, 0.3) is 0 Å². The minimum Gasteiger partial charge on any atom is -0.350 e. The van der Waals surface area contributed by atoms with E-state index < -0.39 is 0 Å². The second-order valence-electron chi connectivity index (χ2n) is 5.10. The Balaban J connectivity index is 1.77. The topological polar surface area (TPSA) is 68.0 Å². The molecule has 1 aliphatic rings. The fourth-order valence-electron chi connectivity index (χ4n) is 2.41. The molecule has 4 nitrogen and oxygen atoms in total. The highest BCUT2D eigenvalue weighted by Crippen LogP contribution is 2.29. The molecule has 0 atom stereocenters. The number of rotatable bonds is 5. The number of nitrogens with two attached hydrogens (primary N) is 1. The van der Waals surface area contributed by atoms with Gasteiger partial charge >= 0.3 is 0 Å². The molecular formula is C13H21N3OS. The van der Waals surface area contributed by atoms with Gasteiger partial charge in [0, 0.05) is 23.0 Å². The van der Waals surface area contributed by atoms with Crippen LogP contribution in [0.1, 0.15) is 48.9 Å². The number of carbonyl (C=O) groups excluding carboxylic acids is 1. The van der Waals surface area contributed by atoms with Crippen LogP contribution in [0.2, 0.25) is 0 Å². The third-order valence-electron chi connectivity index (χ3n) is 3.50. The van der Waals surface area contributed by atoms with Crippen molar-refractivity contribution in [3.05, 3.63) is 16.1 Å². The van der Waals surface area contributed by atoms with Gasteiger partial charge in [0.15, 0.2) is 0 Å². The lowest BCUT2D eigenvalue weighted by Crippen LogP contribution is -2.41. The van der Waals surface area contributed by atoms with Crippen molar-refractivity contribution >= 4 is 17.2 Å². The number of hydrogen-bond acceptors (Lipinski definition) is 4. The zero-order valence-corrected chi connectivity index (χ0v) is 11.7. The van der Waals surface area contributed by atoms with Crippen molar-refractivity contribution in [2.75, 3.05) is 0 Å². The van der Waals surface area contributed by atoms with Crippen molar-refractivity contribution < 1.29 is 4.79 Å². The molecule has 0 bridgehead atoms. The largest absolute Gasteiger partial charge is 0.350 e. The van der Waals surface area contributed by atoms with Gasteiger partial charge in [0.1, 0.15) is 5.01 Å². The predicted molar refractivity (Wildman–Crippen MR) is 73.3 cm³/mol. The van der Waals surface area contributed by atoms with E-state index in [1.54, 1.807) is 11.3 Å². The first-order valence-corrected chi connectivity index (χ1v) is 7.42. The fourth-order valence-corrected chi connectivity index (χ4v) is 3.21. The van der Waals surface area contributed by atoms with Gasteiger partial charge in [-0.15, -0.1) is 11.3 Å². The Hall–Kier alpha value is -0.940. The molecule has 1 amide bonds. The molecule has 0 spiro atoms. The second-order valence-corrected chi connectivity index (χ2v) is 6.30. The van der Waals surface area contributed by atoms with Crippen LogP contribution < -0.4 is 11.1 Å². The lowest BCUT2D eigenvalue weighted by atomic mass is 9.94. The van der Waals surface area contributed by atoms with Gasteiger partial charge in [-0.05, 0) is 19.3 Å². The van der Waals surface area contributed by atoms with Crippen LogP contribution >= 0.6 is 11.3 Å². The zero-order valence-electron chi connectivity index (χ0n) is 10.9. The Labute approximate surface area is 112 Å². The van der Waals surface area contributed by atoms with E-state index in [9.17, 15) is 4.79 Å². The maximum Gasteiger partial charge on any atom is 0.222 e. The number of nitrogens with zero attached hydrogens (tertiary/aromatic N) is 1.